The van der Waals surface area contributed by atoms with Crippen LogP contribution in [0.1, 0.15) is 26.2 Å². The number of aromatic nitrogens is 1. The number of hydrogen-bond donors (Lipinski definition) is 0. The Morgan fingerprint density at radius 3 is 2.36 bits per heavy atom. The molecule has 0 aliphatic carbocycles. The number of likely N-dealkylation sites (tertiary alicyclic amines) is 1. The molecule has 1 unspecified atom stereocenters. The Kier molecular flexibility index (Phi) is 3.25. The molecule has 0 bridgehead atoms. The summed E-state index contributed by atoms with van der Waals surface area (Å²) < 4.78 is 2.28. The normalized spacial score (nSPS) is 20.9. The van der Waals surface area contributed by atoms with Crippen molar-refractivity contribution in [3.63, 3.8) is 0 Å². The molecule has 1 aromatic rings. The van der Waals surface area contributed by atoms with Crippen LogP contribution >= 0.6 is 0 Å². The lowest BCUT2D eigenvalue weighted by atomic mass is 10.1. The van der Waals surface area contributed by atoms with Crippen molar-refractivity contribution in [2.24, 2.45) is 0 Å². The van der Waals surface area contributed by atoms with Crippen LogP contribution in [0.2, 0.25) is 0 Å². The van der Waals surface area contributed by atoms with E-state index in [9.17, 15) is 0 Å². The molecule has 0 saturated carbocycles. The van der Waals surface area contributed by atoms with Crippen molar-refractivity contribution in [2.45, 2.75) is 38.8 Å². The zero-order valence-electron chi connectivity index (χ0n) is 9.02. The average Bonchev–Trinajstić information content (AvgIpc) is 2.72. The summed E-state index contributed by atoms with van der Waals surface area (Å²) in [6.45, 7) is 6.06. The molecular weight excluding hydrogens is 172 g/mol. The Balaban J connectivity index is 1.85. The molecule has 0 spiro atoms. The van der Waals surface area contributed by atoms with Crippen molar-refractivity contribution >= 4 is 0 Å². The molecule has 78 valence electrons. The molecule has 14 heavy (non-hydrogen) atoms. The maximum absolute atomic E-state index is 2.61. The van der Waals surface area contributed by atoms with Gasteiger partial charge in [0.25, 0.3) is 0 Å². The van der Waals surface area contributed by atoms with Crippen molar-refractivity contribution in [3.05, 3.63) is 24.5 Å². The summed E-state index contributed by atoms with van der Waals surface area (Å²) in [6, 6.07) is 4.88. The molecule has 0 aromatic carbocycles. The fraction of sp³-hybridized carbons (Fsp3) is 0.667. The second-order valence-electron chi connectivity index (χ2n) is 4.33. The molecule has 2 heterocycles. The lowest BCUT2D eigenvalue weighted by Gasteiger charge is -2.32. The summed E-state index contributed by atoms with van der Waals surface area (Å²) in [5.41, 5.74) is 0. The van der Waals surface area contributed by atoms with Gasteiger partial charge in [-0.3, -0.25) is 4.90 Å². The number of hydrogen-bond acceptors (Lipinski definition) is 1. The van der Waals surface area contributed by atoms with E-state index in [0.29, 0.717) is 6.04 Å². The van der Waals surface area contributed by atoms with Crippen LogP contribution in [0.15, 0.2) is 24.5 Å². The lowest BCUT2D eigenvalue weighted by molar-refractivity contribution is 0.160. The van der Waals surface area contributed by atoms with Crippen LogP contribution in [0.25, 0.3) is 0 Å². The van der Waals surface area contributed by atoms with Crippen LogP contribution < -0.4 is 0 Å². The van der Waals surface area contributed by atoms with Gasteiger partial charge in [0.05, 0.1) is 0 Å². The summed E-state index contributed by atoms with van der Waals surface area (Å²) in [5, 5.41) is 0. The predicted octanol–water partition coefficient (Wildman–Crippen LogP) is 2.36. The predicted molar refractivity (Wildman–Crippen MR) is 59.3 cm³/mol. The van der Waals surface area contributed by atoms with Gasteiger partial charge in [-0.05, 0) is 45.0 Å². The lowest BCUT2D eigenvalue weighted by Crippen LogP contribution is -2.39. The van der Waals surface area contributed by atoms with Gasteiger partial charge < -0.3 is 4.57 Å². The maximum atomic E-state index is 2.61. The molecular formula is C12H20N2. The summed E-state index contributed by atoms with van der Waals surface area (Å²) in [5.74, 6) is 0. The highest BCUT2D eigenvalue weighted by Gasteiger charge is 2.16. The zero-order valence-corrected chi connectivity index (χ0v) is 9.02. The Morgan fingerprint density at radius 1 is 1.07 bits per heavy atom. The van der Waals surface area contributed by atoms with Gasteiger partial charge in [-0.2, -0.15) is 0 Å². The first-order valence-corrected chi connectivity index (χ1v) is 5.71. The van der Waals surface area contributed by atoms with Crippen LogP contribution in [-0.2, 0) is 6.54 Å². The van der Waals surface area contributed by atoms with Crippen molar-refractivity contribution in [1.29, 1.82) is 0 Å². The molecule has 1 aliphatic heterocycles. The Labute approximate surface area is 86.5 Å². The van der Waals surface area contributed by atoms with Crippen LogP contribution in [0.4, 0.5) is 0 Å². The topological polar surface area (TPSA) is 8.17 Å². The van der Waals surface area contributed by atoms with Crippen molar-refractivity contribution < 1.29 is 0 Å². The Bertz CT molecular complexity index is 247. The van der Waals surface area contributed by atoms with Gasteiger partial charge in [-0.15, -0.1) is 0 Å². The molecule has 1 aliphatic rings. The first-order valence-electron chi connectivity index (χ1n) is 5.71. The smallest absolute Gasteiger partial charge is 0.0373 e. The summed E-state index contributed by atoms with van der Waals surface area (Å²) in [6.07, 6.45) is 8.50. The third kappa shape index (κ3) is 2.38. The van der Waals surface area contributed by atoms with Crippen LogP contribution in [0, 0.1) is 0 Å². The maximum Gasteiger partial charge on any atom is 0.0373 e. The highest BCUT2D eigenvalue weighted by Crippen LogP contribution is 2.13. The molecule has 1 atom stereocenters. The van der Waals surface area contributed by atoms with Gasteiger partial charge in [-0.1, -0.05) is 6.42 Å². The van der Waals surface area contributed by atoms with Gasteiger partial charge in [0.15, 0.2) is 0 Å². The first-order chi connectivity index (χ1) is 6.86. The highest BCUT2D eigenvalue weighted by molar-refractivity contribution is 4.91. The van der Waals surface area contributed by atoms with E-state index in [0.717, 1.165) is 6.54 Å². The molecule has 2 heteroatoms. The third-order valence-corrected chi connectivity index (χ3v) is 3.16. The average molecular weight is 192 g/mol. The van der Waals surface area contributed by atoms with Gasteiger partial charge in [0.1, 0.15) is 0 Å². The number of piperidine rings is 1. The second-order valence-corrected chi connectivity index (χ2v) is 4.33. The standard InChI is InChI=1S/C12H20N2/c1-12(11-13-7-5-6-8-13)14-9-3-2-4-10-14/h5-8,12H,2-4,9-11H2,1H3. The van der Waals surface area contributed by atoms with Gasteiger partial charge in [0.2, 0.25) is 0 Å². The second kappa shape index (κ2) is 4.65. The van der Waals surface area contributed by atoms with Gasteiger partial charge >= 0.3 is 0 Å². The van der Waals surface area contributed by atoms with Crippen molar-refractivity contribution in [3.8, 4) is 0 Å². The minimum absolute atomic E-state index is 0.683. The molecule has 2 nitrogen and oxygen atoms in total. The first kappa shape index (κ1) is 9.78. The SMILES string of the molecule is CC(Cn1cccc1)N1CCCCC1. The third-order valence-electron chi connectivity index (χ3n) is 3.16. The Hall–Kier alpha value is -0.760. The van der Waals surface area contributed by atoms with E-state index in [1.165, 1.54) is 32.4 Å². The zero-order chi connectivity index (χ0) is 9.80. The number of nitrogens with zero attached hydrogens (tertiary/aromatic N) is 2. The van der Waals surface area contributed by atoms with E-state index in [-0.39, 0.29) is 0 Å². The molecule has 1 saturated heterocycles. The minimum Gasteiger partial charge on any atom is -0.353 e. The fourth-order valence-electron chi connectivity index (χ4n) is 2.27. The highest BCUT2D eigenvalue weighted by atomic mass is 15.2. The number of rotatable bonds is 3. The van der Waals surface area contributed by atoms with E-state index in [2.05, 4.69) is 40.9 Å². The summed E-state index contributed by atoms with van der Waals surface area (Å²) in [7, 11) is 0. The van der Waals surface area contributed by atoms with E-state index >= 15 is 0 Å². The van der Waals surface area contributed by atoms with E-state index in [1.807, 2.05) is 0 Å². The molecule has 2 rings (SSSR count). The molecule has 0 N–H and O–H groups in total. The molecule has 1 aromatic heterocycles. The van der Waals surface area contributed by atoms with Crippen molar-refractivity contribution in [2.75, 3.05) is 13.1 Å². The van der Waals surface area contributed by atoms with Gasteiger partial charge in [0, 0.05) is 25.0 Å². The molecule has 1 fully saturated rings. The summed E-state index contributed by atoms with van der Waals surface area (Å²) >= 11 is 0. The van der Waals surface area contributed by atoms with E-state index in [4.69, 9.17) is 0 Å². The van der Waals surface area contributed by atoms with Crippen LogP contribution in [-0.4, -0.2) is 28.6 Å². The molecule has 0 radical (unpaired) electrons. The van der Waals surface area contributed by atoms with Crippen LogP contribution in [0.3, 0.4) is 0 Å². The monoisotopic (exact) mass is 192 g/mol. The molecule has 0 amide bonds. The van der Waals surface area contributed by atoms with Crippen molar-refractivity contribution in [1.82, 2.24) is 9.47 Å². The largest absolute Gasteiger partial charge is 0.353 e. The fourth-order valence-corrected chi connectivity index (χ4v) is 2.27. The minimum atomic E-state index is 0.683. The Morgan fingerprint density at radius 2 is 1.71 bits per heavy atom. The van der Waals surface area contributed by atoms with E-state index < -0.39 is 0 Å². The van der Waals surface area contributed by atoms with E-state index in [1.54, 1.807) is 0 Å². The quantitative estimate of drug-likeness (QED) is 0.713. The summed E-state index contributed by atoms with van der Waals surface area (Å²) in [4.78, 5) is 2.61. The van der Waals surface area contributed by atoms with Gasteiger partial charge in [-0.25, -0.2) is 0 Å². The van der Waals surface area contributed by atoms with Crippen LogP contribution in [0.5, 0.6) is 0 Å².